The van der Waals surface area contributed by atoms with Crippen LogP contribution in [0.5, 0.6) is 5.75 Å². The molecule has 0 unspecified atom stereocenters. The Morgan fingerprint density at radius 3 is 2.60 bits per heavy atom. The van der Waals surface area contributed by atoms with Crippen LogP contribution in [-0.4, -0.2) is 30.9 Å². The quantitative estimate of drug-likeness (QED) is 0.595. The number of hydrogen-bond donors (Lipinski definition) is 2. The van der Waals surface area contributed by atoms with Crippen LogP contribution in [0.15, 0.2) is 52.3 Å². The van der Waals surface area contributed by atoms with E-state index in [-0.39, 0.29) is 11.6 Å². The van der Waals surface area contributed by atoms with E-state index in [9.17, 15) is 14.0 Å². The summed E-state index contributed by atoms with van der Waals surface area (Å²) in [5, 5.41) is 0. The highest BCUT2D eigenvalue weighted by atomic mass is 32.2. The molecule has 2 rings (SSSR count). The summed E-state index contributed by atoms with van der Waals surface area (Å²) in [7, 11) is 1.47. The molecular formula is C17H17FN2O3S2. The second-order valence-corrected chi connectivity index (χ2v) is 6.68. The Hall–Kier alpha value is -2.19. The number of benzene rings is 2. The molecular weight excluding hydrogens is 363 g/mol. The number of rotatable bonds is 6. The molecule has 0 aromatic heterocycles. The minimum absolute atomic E-state index is 0.0240. The van der Waals surface area contributed by atoms with Gasteiger partial charge in [-0.2, -0.15) is 0 Å². The van der Waals surface area contributed by atoms with Gasteiger partial charge in [0.25, 0.3) is 5.91 Å². The number of thioether (sulfide) groups is 2. The van der Waals surface area contributed by atoms with Crippen LogP contribution in [0, 0.1) is 5.82 Å². The fourth-order valence-electron chi connectivity index (χ4n) is 1.92. The van der Waals surface area contributed by atoms with Gasteiger partial charge in [0.2, 0.25) is 5.91 Å². The van der Waals surface area contributed by atoms with Gasteiger partial charge < -0.3 is 4.74 Å². The molecule has 5 nitrogen and oxygen atoms in total. The first kappa shape index (κ1) is 19.1. The predicted octanol–water partition coefficient (Wildman–Crippen LogP) is 3.11. The number of methoxy groups -OCH3 is 1. The molecule has 0 atom stereocenters. The number of carbonyl (C=O) groups is 2. The third-order valence-corrected chi connectivity index (χ3v) is 4.94. The maximum Gasteiger partial charge on any atom is 0.273 e. The zero-order valence-corrected chi connectivity index (χ0v) is 15.3. The first-order valence-corrected chi connectivity index (χ1v) is 9.44. The number of nitrogens with one attached hydrogen (secondary N) is 2. The van der Waals surface area contributed by atoms with Gasteiger partial charge in [-0.1, -0.05) is 12.1 Å². The number of halogens is 1. The van der Waals surface area contributed by atoms with Crippen LogP contribution in [0.25, 0.3) is 0 Å². The van der Waals surface area contributed by atoms with Crippen LogP contribution in [0.3, 0.4) is 0 Å². The van der Waals surface area contributed by atoms with E-state index in [1.807, 2.05) is 6.26 Å². The van der Waals surface area contributed by atoms with Gasteiger partial charge in [-0.25, -0.2) is 4.39 Å². The van der Waals surface area contributed by atoms with Crippen molar-refractivity contribution in [2.75, 3.05) is 19.1 Å². The number of ether oxygens (including phenoxy) is 1. The van der Waals surface area contributed by atoms with Gasteiger partial charge in [-0.3, -0.25) is 20.4 Å². The predicted molar refractivity (Wildman–Crippen MR) is 97.5 cm³/mol. The molecule has 25 heavy (non-hydrogen) atoms. The van der Waals surface area contributed by atoms with Gasteiger partial charge in [-0.05, 0) is 36.6 Å². The molecule has 0 radical (unpaired) electrons. The van der Waals surface area contributed by atoms with Crippen molar-refractivity contribution in [3.63, 3.8) is 0 Å². The minimum atomic E-state index is -0.492. The van der Waals surface area contributed by atoms with E-state index in [4.69, 9.17) is 4.74 Å². The van der Waals surface area contributed by atoms with Gasteiger partial charge >= 0.3 is 0 Å². The average molecular weight is 380 g/mol. The van der Waals surface area contributed by atoms with Gasteiger partial charge in [0.1, 0.15) is 11.6 Å². The summed E-state index contributed by atoms with van der Waals surface area (Å²) in [5.41, 5.74) is 4.95. The van der Waals surface area contributed by atoms with Gasteiger partial charge in [0, 0.05) is 9.79 Å². The largest absolute Gasteiger partial charge is 0.496 e. The molecule has 0 heterocycles. The molecule has 0 fully saturated rings. The SMILES string of the molecule is COc1cc(SC)ccc1C(=O)NNC(=O)CSc1ccccc1F. The van der Waals surface area contributed by atoms with Crippen LogP contribution in [0.1, 0.15) is 10.4 Å². The maximum atomic E-state index is 13.5. The fourth-order valence-corrected chi connectivity index (χ4v) is 3.09. The van der Waals surface area contributed by atoms with Crippen molar-refractivity contribution in [3.05, 3.63) is 53.8 Å². The Kier molecular flexibility index (Phi) is 7.15. The molecule has 0 aliphatic carbocycles. The molecule has 2 N–H and O–H groups in total. The molecule has 0 saturated heterocycles. The molecule has 132 valence electrons. The summed E-state index contributed by atoms with van der Waals surface area (Å²) in [6.07, 6.45) is 1.92. The lowest BCUT2D eigenvalue weighted by Gasteiger charge is -2.11. The highest BCUT2D eigenvalue weighted by molar-refractivity contribution is 8.00. The first-order chi connectivity index (χ1) is 12.0. The van der Waals surface area contributed by atoms with Crippen molar-refractivity contribution in [2.24, 2.45) is 0 Å². The summed E-state index contributed by atoms with van der Waals surface area (Å²) in [6.45, 7) is 0. The third-order valence-electron chi connectivity index (χ3n) is 3.16. The molecule has 8 heteroatoms. The molecule has 2 aromatic carbocycles. The number of carbonyl (C=O) groups excluding carboxylic acids is 2. The summed E-state index contributed by atoms with van der Waals surface area (Å²) >= 11 is 2.58. The minimum Gasteiger partial charge on any atom is -0.496 e. The molecule has 0 aliphatic heterocycles. The Balaban J connectivity index is 1.89. The lowest BCUT2D eigenvalue weighted by Crippen LogP contribution is -2.42. The van der Waals surface area contributed by atoms with Crippen molar-refractivity contribution in [3.8, 4) is 5.75 Å². The lowest BCUT2D eigenvalue weighted by molar-refractivity contribution is -0.119. The zero-order chi connectivity index (χ0) is 18.2. The van der Waals surface area contributed by atoms with Gasteiger partial charge in [0.15, 0.2) is 0 Å². The van der Waals surface area contributed by atoms with Crippen LogP contribution in [0.4, 0.5) is 4.39 Å². The zero-order valence-electron chi connectivity index (χ0n) is 13.7. The molecule has 0 bridgehead atoms. The second kappa shape index (κ2) is 9.33. The molecule has 2 aromatic rings. The van der Waals surface area contributed by atoms with Crippen LogP contribution >= 0.6 is 23.5 Å². The summed E-state index contributed by atoms with van der Waals surface area (Å²) in [5.74, 6) is -0.929. The smallest absolute Gasteiger partial charge is 0.273 e. The maximum absolute atomic E-state index is 13.5. The first-order valence-electron chi connectivity index (χ1n) is 7.23. The average Bonchev–Trinajstić information content (AvgIpc) is 2.64. The van der Waals surface area contributed by atoms with Crippen molar-refractivity contribution >= 4 is 35.3 Å². The standard InChI is InChI=1S/C17H17FN2O3S2/c1-23-14-9-11(24-2)7-8-12(14)17(22)20-19-16(21)10-25-15-6-4-3-5-13(15)18/h3-9H,10H2,1-2H3,(H,19,21)(H,20,22). The van der Waals surface area contributed by atoms with E-state index in [2.05, 4.69) is 10.9 Å². The monoisotopic (exact) mass is 380 g/mol. The third kappa shape index (κ3) is 5.40. The van der Waals surface area contributed by atoms with Crippen LogP contribution in [0.2, 0.25) is 0 Å². The van der Waals surface area contributed by atoms with Crippen LogP contribution in [-0.2, 0) is 4.79 Å². The topological polar surface area (TPSA) is 67.4 Å². The van der Waals surface area contributed by atoms with E-state index in [0.717, 1.165) is 16.7 Å². The Bertz CT molecular complexity index is 771. The van der Waals surface area contributed by atoms with E-state index in [1.54, 1.807) is 36.4 Å². The highest BCUT2D eigenvalue weighted by Crippen LogP contribution is 2.25. The van der Waals surface area contributed by atoms with Gasteiger partial charge in [-0.15, -0.1) is 23.5 Å². The molecule has 0 aliphatic rings. The Labute approximate surface area is 153 Å². The highest BCUT2D eigenvalue weighted by Gasteiger charge is 2.14. The van der Waals surface area contributed by atoms with Crippen molar-refractivity contribution in [1.82, 2.24) is 10.9 Å². The Morgan fingerprint density at radius 2 is 1.92 bits per heavy atom. The Morgan fingerprint density at radius 1 is 1.16 bits per heavy atom. The van der Waals surface area contributed by atoms with Crippen molar-refractivity contribution in [2.45, 2.75) is 9.79 Å². The number of amides is 2. The second-order valence-electron chi connectivity index (χ2n) is 4.79. The van der Waals surface area contributed by atoms with E-state index < -0.39 is 11.8 Å². The molecule has 0 saturated carbocycles. The molecule has 2 amide bonds. The number of hydrazine groups is 1. The van der Waals surface area contributed by atoms with E-state index in [0.29, 0.717) is 16.2 Å². The van der Waals surface area contributed by atoms with Crippen molar-refractivity contribution < 1.29 is 18.7 Å². The summed E-state index contributed by atoms with van der Waals surface area (Å²) in [6, 6.07) is 11.3. The number of hydrogen-bond acceptors (Lipinski definition) is 5. The summed E-state index contributed by atoms with van der Waals surface area (Å²) in [4.78, 5) is 25.3. The lowest BCUT2D eigenvalue weighted by atomic mass is 10.2. The fraction of sp³-hybridized carbons (Fsp3) is 0.176. The normalized spacial score (nSPS) is 10.2. The summed E-state index contributed by atoms with van der Waals surface area (Å²) < 4.78 is 18.7. The van der Waals surface area contributed by atoms with E-state index >= 15 is 0 Å². The van der Waals surface area contributed by atoms with E-state index in [1.165, 1.54) is 24.9 Å². The van der Waals surface area contributed by atoms with Crippen molar-refractivity contribution in [1.29, 1.82) is 0 Å². The van der Waals surface area contributed by atoms with Gasteiger partial charge in [0.05, 0.1) is 18.4 Å². The molecule has 0 spiro atoms. The van der Waals surface area contributed by atoms with Crippen LogP contribution < -0.4 is 15.6 Å².